The summed E-state index contributed by atoms with van der Waals surface area (Å²) in [6, 6.07) is 10.9. The van der Waals surface area contributed by atoms with Gasteiger partial charge in [-0.2, -0.15) is 0 Å². The van der Waals surface area contributed by atoms with E-state index < -0.39 is 0 Å². The fraction of sp³-hybridized carbons (Fsp3) is 0.727. The Bertz CT molecular complexity index is 375. The van der Waals surface area contributed by atoms with E-state index in [2.05, 4.69) is 51.4 Å². The Hall–Kier alpha value is -0.340. The quantitative estimate of drug-likeness (QED) is 0.333. The zero-order valence-corrected chi connectivity index (χ0v) is 18.0. The molecule has 0 N–H and O–H groups in total. The maximum Gasteiger partial charge on any atom is 0.0823 e. The van der Waals surface area contributed by atoms with Crippen LogP contribution in [-0.2, 0) is 6.42 Å². The predicted octanol–water partition coefficient (Wildman–Crippen LogP) is 3.23. The standard InChI is InChI=1S/C22H40N.BrH/c1-4-5-6-7-8-9-10-11-12-16-20-23(2,3)21-19-22-17-14-13-15-18-22;/h13-15,17-18H,4-12,16,19-21H2,1-3H3;1H/q+1;/p-1. The van der Waals surface area contributed by atoms with Gasteiger partial charge in [-0.15, -0.1) is 0 Å². The Kier molecular flexibility index (Phi) is 14.7. The van der Waals surface area contributed by atoms with Gasteiger partial charge >= 0.3 is 0 Å². The first-order valence-corrected chi connectivity index (χ1v) is 10.00. The molecule has 1 nitrogen and oxygen atoms in total. The molecule has 0 unspecified atom stereocenters. The number of nitrogens with zero attached hydrogens (tertiary/aromatic N) is 1. The van der Waals surface area contributed by atoms with E-state index >= 15 is 0 Å². The van der Waals surface area contributed by atoms with E-state index in [4.69, 9.17) is 0 Å². The third kappa shape index (κ3) is 13.0. The van der Waals surface area contributed by atoms with Crippen molar-refractivity contribution < 1.29 is 21.5 Å². The minimum atomic E-state index is 0. The van der Waals surface area contributed by atoms with Gasteiger partial charge < -0.3 is 21.5 Å². The third-order valence-corrected chi connectivity index (χ3v) is 4.97. The van der Waals surface area contributed by atoms with Crippen molar-refractivity contribution in [1.82, 2.24) is 0 Å². The maximum atomic E-state index is 2.39. The summed E-state index contributed by atoms with van der Waals surface area (Å²) in [5.74, 6) is 0. The second kappa shape index (κ2) is 15.0. The number of likely N-dealkylation sites (N-methyl/N-ethyl adjacent to an activating group) is 1. The molecule has 1 aromatic carbocycles. The highest BCUT2D eigenvalue weighted by molar-refractivity contribution is 5.14. The first-order chi connectivity index (χ1) is 11.1. The molecular weight excluding hydrogens is 358 g/mol. The van der Waals surface area contributed by atoms with Crippen molar-refractivity contribution in [3.8, 4) is 0 Å². The number of hydrogen-bond acceptors (Lipinski definition) is 0. The van der Waals surface area contributed by atoms with Crippen LogP contribution in [0.4, 0.5) is 0 Å². The number of rotatable bonds is 14. The van der Waals surface area contributed by atoms with Crippen molar-refractivity contribution in [2.75, 3.05) is 27.2 Å². The van der Waals surface area contributed by atoms with Crippen LogP contribution in [-0.4, -0.2) is 31.7 Å². The SMILES string of the molecule is CCCCCCCCCCCC[N+](C)(C)CCc1ccccc1.[Br-]. The number of halogens is 1. The van der Waals surface area contributed by atoms with Crippen molar-refractivity contribution in [1.29, 1.82) is 0 Å². The van der Waals surface area contributed by atoms with Crippen LogP contribution in [0.3, 0.4) is 0 Å². The summed E-state index contributed by atoms with van der Waals surface area (Å²) >= 11 is 0. The van der Waals surface area contributed by atoms with Gasteiger partial charge in [-0.1, -0.05) is 88.6 Å². The van der Waals surface area contributed by atoms with Gasteiger partial charge in [-0.25, -0.2) is 0 Å². The van der Waals surface area contributed by atoms with E-state index in [-0.39, 0.29) is 17.0 Å². The van der Waals surface area contributed by atoms with Crippen LogP contribution >= 0.6 is 0 Å². The Labute approximate surface area is 162 Å². The molecular formula is C22H40BrN. The Morgan fingerprint density at radius 2 is 1.17 bits per heavy atom. The number of benzene rings is 1. The highest BCUT2D eigenvalue weighted by atomic mass is 79.9. The molecule has 0 spiro atoms. The van der Waals surface area contributed by atoms with E-state index in [0.717, 1.165) is 4.48 Å². The first kappa shape index (κ1) is 23.7. The van der Waals surface area contributed by atoms with Gasteiger partial charge in [0.1, 0.15) is 0 Å². The predicted molar refractivity (Wildman–Crippen MR) is 104 cm³/mol. The summed E-state index contributed by atoms with van der Waals surface area (Å²) in [5.41, 5.74) is 1.47. The normalized spacial score (nSPS) is 11.3. The van der Waals surface area contributed by atoms with Crippen LogP contribution in [0.1, 0.15) is 76.7 Å². The molecule has 0 fully saturated rings. The van der Waals surface area contributed by atoms with E-state index in [1.165, 1.54) is 89.3 Å². The Morgan fingerprint density at radius 3 is 1.71 bits per heavy atom. The average molecular weight is 398 g/mol. The van der Waals surface area contributed by atoms with E-state index in [9.17, 15) is 0 Å². The molecule has 0 saturated carbocycles. The van der Waals surface area contributed by atoms with Crippen LogP contribution in [0.5, 0.6) is 0 Å². The molecule has 2 heteroatoms. The average Bonchev–Trinajstić information content (AvgIpc) is 2.56. The van der Waals surface area contributed by atoms with Crippen molar-refractivity contribution in [2.24, 2.45) is 0 Å². The van der Waals surface area contributed by atoms with Crippen molar-refractivity contribution in [3.05, 3.63) is 35.9 Å². The number of quaternary nitrogens is 1. The molecule has 1 aromatic rings. The topological polar surface area (TPSA) is 0 Å². The van der Waals surface area contributed by atoms with Gasteiger partial charge in [0.25, 0.3) is 0 Å². The van der Waals surface area contributed by atoms with Crippen LogP contribution < -0.4 is 17.0 Å². The van der Waals surface area contributed by atoms with Gasteiger partial charge in [0.15, 0.2) is 0 Å². The summed E-state index contributed by atoms with van der Waals surface area (Å²) in [7, 11) is 4.77. The monoisotopic (exact) mass is 397 g/mol. The molecule has 140 valence electrons. The lowest BCUT2D eigenvalue weighted by molar-refractivity contribution is -0.890. The van der Waals surface area contributed by atoms with Crippen LogP contribution in [0.2, 0.25) is 0 Å². The van der Waals surface area contributed by atoms with Crippen LogP contribution in [0.15, 0.2) is 30.3 Å². The fourth-order valence-corrected chi connectivity index (χ4v) is 3.22. The lowest BCUT2D eigenvalue weighted by Crippen LogP contribution is -3.00. The lowest BCUT2D eigenvalue weighted by atomic mass is 10.1. The summed E-state index contributed by atoms with van der Waals surface area (Å²) in [4.78, 5) is 0. The highest BCUT2D eigenvalue weighted by Crippen LogP contribution is 2.12. The highest BCUT2D eigenvalue weighted by Gasteiger charge is 2.14. The molecule has 0 radical (unpaired) electrons. The summed E-state index contributed by atoms with van der Waals surface area (Å²) in [6.07, 6.45) is 15.5. The lowest BCUT2D eigenvalue weighted by Gasteiger charge is -2.30. The molecule has 0 saturated heterocycles. The number of unbranched alkanes of at least 4 members (excludes halogenated alkanes) is 9. The summed E-state index contributed by atoms with van der Waals surface area (Å²) in [6.45, 7) is 4.87. The number of hydrogen-bond donors (Lipinski definition) is 0. The summed E-state index contributed by atoms with van der Waals surface area (Å²) in [5, 5.41) is 0. The molecule has 0 aliphatic heterocycles. The van der Waals surface area contributed by atoms with Crippen LogP contribution in [0, 0.1) is 0 Å². The van der Waals surface area contributed by atoms with Gasteiger partial charge in [0.05, 0.1) is 27.2 Å². The third-order valence-electron chi connectivity index (χ3n) is 4.97. The molecule has 0 amide bonds. The van der Waals surface area contributed by atoms with Crippen LogP contribution in [0.25, 0.3) is 0 Å². The molecule has 0 bridgehead atoms. The maximum absolute atomic E-state index is 2.39. The van der Waals surface area contributed by atoms with Gasteiger partial charge in [-0.3, -0.25) is 0 Å². The van der Waals surface area contributed by atoms with E-state index in [1.54, 1.807) is 0 Å². The molecule has 1 rings (SSSR count). The Balaban J connectivity index is 0.00000529. The van der Waals surface area contributed by atoms with Gasteiger partial charge in [-0.05, 0) is 18.4 Å². The smallest absolute Gasteiger partial charge is 0.0823 e. The Morgan fingerprint density at radius 1 is 0.667 bits per heavy atom. The van der Waals surface area contributed by atoms with Gasteiger partial charge in [0, 0.05) is 6.42 Å². The second-order valence-electron chi connectivity index (χ2n) is 7.80. The molecule has 0 atom stereocenters. The zero-order chi connectivity index (χ0) is 16.8. The van der Waals surface area contributed by atoms with Crippen molar-refractivity contribution in [3.63, 3.8) is 0 Å². The van der Waals surface area contributed by atoms with E-state index in [0.29, 0.717) is 0 Å². The molecule has 0 heterocycles. The zero-order valence-electron chi connectivity index (χ0n) is 16.4. The molecule has 0 aliphatic carbocycles. The molecule has 0 aromatic heterocycles. The van der Waals surface area contributed by atoms with Crippen molar-refractivity contribution in [2.45, 2.75) is 77.6 Å². The summed E-state index contributed by atoms with van der Waals surface area (Å²) < 4.78 is 1.16. The second-order valence-corrected chi connectivity index (χ2v) is 7.80. The molecule has 0 aliphatic rings. The minimum absolute atomic E-state index is 0. The minimum Gasteiger partial charge on any atom is -1.00 e. The largest absolute Gasteiger partial charge is 1.00 e. The van der Waals surface area contributed by atoms with E-state index in [1.807, 2.05) is 0 Å². The van der Waals surface area contributed by atoms with Gasteiger partial charge in [0.2, 0.25) is 0 Å². The fourth-order valence-electron chi connectivity index (χ4n) is 3.22. The first-order valence-electron chi connectivity index (χ1n) is 10.00. The van der Waals surface area contributed by atoms with Crippen molar-refractivity contribution >= 4 is 0 Å². The molecule has 24 heavy (non-hydrogen) atoms.